The van der Waals surface area contributed by atoms with Gasteiger partial charge in [0.05, 0.1) is 10.5 Å². The van der Waals surface area contributed by atoms with E-state index in [9.17, 15) is 8.42 Å². The summed E-state index contributed by atoms with van der Waals surface area (Å²) < 4.78 is 23.6. The Balaban J connectivity index is 4.46. The SMILES string of the molecule is CC(C)NCC(CCS(=O)(=O)C(C)(C)C)C(C)C. The van der Waals surface area contributed by atoms with Gasteiger partial charge in [0.1, 0.15) is 0 Å². The zero-order valence-corrected chi connectivity index (χ0v) is 13.9. The molecular formula is C14H31NO2S. The summed E-state index contributed by atoms with van der Waals surface area (Å²) in [5, 5.41) is 3.41. The highest BCUT2D eigenvalue weighted by Gasteiger charge is 2.29. The van der Waals surface area contributed by atoms with Crippen molar-refractivity contribution in [2.24, 2.45) is 11.8 Å². The third-order valence-electron chi connectivity index (χ3n) is 3.42. The normalized spacial score (nSPS) is 15.4. The molecule has 0 saturated heterocycles. The van der Waals surface area contributed by atoms with Gasteiger partial charge in [-0.3, -0.25) is 0 Å². The number of sulfone groups is 1. The summed E-state index contributed by atoms with van der Waals surface area (Å²) in [4.78, 5) is 0. The summed E-state index contributed by atoms with van der Waals surface area (Å²) in [5.41, 5.74) is 0. The average molecular weight is 277 g/mol. The summed E-state index contributed by atoms with van der Waals surface area (Å²) in [5.74, 6) is 1.22. The van der Waals surface area contributed by atoms with Crippen molar-refractivity contribution in [1.29, 1.82) is 0 Å². The molecule has 0 rings (SSSR count). The van der Waals surface area contributed by atoms with Crippen molar-refractivity contribution in [2.45, 2.75) is 65.7 Å². The number of hydrogen-bond donors (Lipinski definition) is 1. The standard InChI is InChI=1S/C14H31NO2S/c1-11(2)13(10-15-12(3)4)8-9-18(16,17)14(5,6)7/h11-13,15H,8-10H2,1-7H3. The van der Waals surface area contributed by atoms with Gasteiger partial charge >= 0.3 is 0 Å². The fourth-order valence-electron chi connectivity index (χ4n) is 1.67. The van der Waals surface area contributed by atoms with Crippen molar-refractivity contribution in [2.75, 3.05) is 12.3 Å². The van der Waals surface area contributed by atoms with Crippen LogP contribution in [0.3, 0.4) is 0 Å². The molecule has 4 heteroatoms. The van der Waals surface area contributed by atoms with Gasteiger partial charge < -0.3 is 5.32 Å². The second kappa shape index (κ2) is 6.90. The van der Waals surface area contributed by atoms with Crippen LogP contribution in [0.25, 0.3) is 0 Å². The van der Waals surface area contributed by atoms with Crippen LogP contribution in [0.1, 0.15) is 54.9 Å². The minimum absolute atomic E-state index is 0.291. The number of rotatable bonds is 7. The molecule has 0 aliphatic heterocycles. The van der Waals surface area contributed by atoms with E-state index in [1.54, 1.807) is 20.8 Å². The molecule has 1 unspecified atom stereocenters. The van der Waals surface area contributed by atoms with Gasteiger partial charge in [0, 0.05) is 6.04 Å². The lowest BCUT2D eigenvalue weighted by Crippen LogP contribution is -2.35. The van der Waals surface area contributed by atoms with Gasteiger partial charge in [0.2, 0.25) is 0 Å². The third-order valence-corrected chi connectivity index (χ3v) is 6.06. The third kappa shape index (κ3) is 6.19. The van der Waals surface area contributed by atoms with Gasteiger partial charge in [0.15, 0.2) is 9.84 Å². The first-order valence-corrected chi connectivity index (χ1v) is 8.58. The van der Waals surface area contributed by atoms with Crippen molar-refractivity contribution in [1.82, 2.24) is 5.32 Å². The summed E-state index contributed by atoms with van der Waals surface area (Å²) in [6.45, 7) is 14.8. The Morgan fingerprint density at radius 1 is 1.06 bits per heavy atom. The molecule has 0 saturated carbocycles. The summed E-state index contributed by atoms with van der Waals surface area (Å²) in [7, 11) is -2.99. The van der Waals surface area contributed by atoms with Crippen LogP contribution in [0.2, 0.25) is 0 Å². The molecule has 0 radical (unpaired) electrons. The minimum Gasteiger partial charge on any atom is -0.314 e. The second-order valence-electron chi connectivity index (χ2n) is 6.79. The van der Waals surface area contributed by atoms with E-state index in [1.807, 2.05) is 0 Å². The maximum atomic E-state index is 12.1. The van der Waals surface area contributed by atoms with Crippen LogP contribution in [0.4, 0.5) is 0 Å². The Bertz CT molecular complexity index is 326. The van der Waals surface area contributed by atoms with Gasteiger partial charge in [-0.25, -0.2) is 8.42 Å². The highest BCUT2D eigenvalue weighted by Crippen LogP contribution is 2.21. The first-order valence-electron chi connectivity index (χ1n) is 6.93. The molecule has 0 aromatic rings. The summed E-state index contributed by atoms with van der Waals surface area (Å²) >= 11 is 0. The zero-order valence-electron chi connectivity index (χ0n) is 13.1. The predicted octanol–water partition coefficient (Wildman–Crippen LogP) is 2.86. The van der Waals surface area contributed by atoms with Gasteiger partial charge in [-0.15, -0.1) is 0 Å². The maximum absolute atomic E-state index is 12.1. The maximum Gasteiger partial charge on any atom is 0.155 e. The van der Waals surface area contributed by atoms with Crippen LogP contribution in [-0.4, -0.2) is 31.5 Å². The lowest BCUT2D eigenvalue weighted by molar-refractivity contribution is 0.341. The summed E-state index contributed by atoms with van der Waals surface area (Å²) in [6, 6.07) is 0.450. The first kappa shape index (κ1) is 17.9. The van der Waals surface area contributed by atoms with E-state index in [4.69, 9.17) is 0 Å². The number of hydrogen-bond acceptors (Lipinski definition) is 3. The Morgan fingerprint density at radius 3 is 1.89 bits per heavy atom. The molecule has 1 atom stereocenters. The van der Waals surface area contributed by atoms with Crippen molar-refractivity contribution in [3.8, 4) is 0 Å². The lowest BCUT2D eigenvalue weighted by Gasteiger charge is -2.25. The molecule has 0 heterocycles. The smallest absolute Gasteiger partial charge is 0.155 e. The van der Waals surface area contributed by atoms with Crippen LogP contribution in [-0.2, 0) is 9.84 Å². The predicted molar refractivity (Wildman–Crippen MR) is 79.6 cm³/mol. The molecule has 0 bridgehead atoms. The Labute approximate surface area is 114 Å². The molecule has 0 aliphatic carbocycles. The van der Waals surface area contributed by atoms with Gasteiger partial charge in [0.25, 0.3) is 0 Å². The van der Waals surface area contributed by atoms with Crippen LogP contribution >= 0.6 is 0 Å². The molecule has 110 valence electrons. The zero-order chi connectivity index (χ0) is 14.6. The topological polar surface area (TPSA) is 46.2 Å². The highest BCUT2D eigenvalue weighted by molar-refractivity contribution is 7.92. The molecule has 0 aromatic heterocycles. The van der Waals surface area contributed by atoms with Gasteiger partial charge in [-0.1, -0.05) is 27.7 Å². The van der Waals surface area contributed by atoms with E-state index in [-0.39, 0.29) is 0 Å². The van der Waals surface area contributed by atoms with E-state index in [0.717, 1.165) is 13.0 Å². The Kier molecular flexibility index (Phi) is 6.86. The minimum atomic E-state index is -2.99. The Hall–Kier alpha value is -0.0900. The molecular weight excluding hydrogens is 246 g/mol. The quantitative estimate of drug-likeness (QED) is 0.778. The van der Waals surface area contributed by atoms with Crippen LogP contribution < -0.4 is 5.32 Å². The van der Waals surface area contributed by atoms with Gasteiger partial charge in [-0.05, 0) is 45.6 Å². The summed E-state index contributed by atoms with van der Waals surface area (Å²) in [6.07, 6.45) is 0.747. The fourth-order valence-corrected chi connectivity index (χ4v) is 2.90. The monoisotopic (exact) mass is 277 g/mol. The van der Waals surface area contributed by atoms with E-state index >= 15 is 0 Å². The van der Waals surface area contributed by atoms with Crippen LogP contribution in [0.15, 0.2) is 0 Å². The number of nitrogens with one attached hydrogen (secondary N) is 1. The van der Waals surface area contributed by atoms with Crippen molar-refractivity contribution in [3.05, 3.63) is 0 Å². The van der Waals surface area contributed by atoms with Crippen molar-refractivity contribution >= 4 is 9.84 Å². The fraction of sp³-hybridized carbons (Fsp3) is 1.00. The lowest BCUT2D eigenvalue weighted by atomic mass is 9.93. The van der Waals surface area contributed by atoms with Crippen molar-refractivity contribution < 1.29 is 8.42 Å². The largest absolute Gasteiger partial charge is 0.314 e. The van der Waals surface area contributed by atoms with E-state index in [2.05, 4.69) is 33.0 Å². The first-order chi connectivity index (χ1) is 7.97. The molecule has 0 aromatic carbocycles. The average Bonchev–Trinajstić information content (AvgIpc) is 2.14. The molecule has 1 N–H and O–H groups in total. The Morgan fingerprint density at radius 2 is 1.56 bits per heavy atom. The second-order valence-corrected chi connectivity index (χ2v) is 9.65. The van der Waals surface area contributed by atoms with Crippen molar-refractivity contribution in [3.63, 3.8) is 0 Å². The van der Waals surface area contributed by atoms with E-state index in [0.29, 0.717) is 23.6 Å². The molecule has 0 fully saturated rings. The molecule has 0 amide bonds. The van der Waals surface area contributed by atoms with Crippen LogP contribution in [0, 0.1) is 11.8 Å². The van der Waals surface area contributed by atoms with Gasteiger partial charge in [-0.2, -0.15) is 0 Å². The highest BCUT2D eigenvalue weighted by atomic mass is 32.2. The van der Waals surface area contributed by atoms with E-state index in [1.165, 1.54) is 0 Å². The van der Waals surface area contributed by atoms with Crippen LogP contribution in [0.5, 0.6) is 0 Å². The molecule has 0 spiro atoms. The molecule has 3 nitrogen and oxygen atoms in total. The molecule has 0 aliphatic rings. The van der Waals surface area contributed by atoms with E-state index < -0.39 is 14.6 Å². The molecule has 18 heavy (non-hydrogen) atoms.